The molecule has 3 aromatic rings. The number of imidazole rings is 1. The lowest BCUT2D eigenvalue weighted by atomic mass is 10.1. The maximum Gasteiger partial charge on any atom is 0.166 e. The molecule has 0 radical (unpaired) electrons. The average molecular weight is 248 g/mol. The lowest BCUT2D eigenvalue weighted by molar-refractivity contribution is 1.07. The van der Waals surface area contributed by atoms with Crippen molar-refractivity contribution in [2.45, 2.75) is 6.54 Å². The zero-order valence-corrected chi connectivity index (χ0v) is 10.2. The Morgan fingerprint density at radius 1 is 1.16 bits per heavy atom. The van der Waals surface area contributed by atoms with Gasteiger partial charge in [-0.1, -0.05) is 30.3 Å². The second-order valence-electron chi connectivity index (χ2n) is 4.25. The average Bonchev–Trinajstić information content (AvgIpc) is 2.86. The van der Waals surface area contributed by atoms with Crippen molar-refractivity contribution in [3.63, 3.8) is 0 Å². The highest BCUT2D eigenvalue weighted by atomic mass is 15.0. The van der Waals surface area contributed by atoms with Crippen molar-refractivity contribution in [3.8, 4) is 17.5 Å². The highest BCUT2D eigenvalue weighted by Gasteiger charge is 2.11. The first-order chi connectivity index (χ1) is 9.33. The lowest BCUT2D eigenvalue weighted by Crippen LogP contribution is -1.96. The monoisotopic (exact) mass is 248 g/mol. The van der Waals surface area contributed by atoms with Gasteiger partial charge in [-0.2, -0.15) is 5.26 Å². The summed E-state index contributed by atoms with van der Waals surface area (Å²) >= 11 is 0. The molecule has 0 unspecified atom stereocenters. The topological polar surface area (TPSA) is 67.1 Å². The van der Waals surface area contributed by atoms with Crippen LogP contribution in [0.25, 0.3) is 16.9 Å². The molecular formula is C15H12N4. The van der Waals surface area contributed by atoms with E-state index in [2.05, 4.69) is 11.1 Å². The molecule has 0 aliphatic rings. The number of hydrogen-bond acceptors (Lipinski definition) is 3. The molecule has 0 amide bonds. The second kappa shape index (κ2) is 4.56. The molecule has 2 heterocycles. The van der Waals surface area contributed by atoms with Gasteiger partial charge in [0, 0.05) is 18.3 Å². The Morgan fingerprint density at radius 3 is 2.63 bits per heavy atom. The van der Waals surface area contributed by atoms with Crippen LogP contribution in [0.2, 0.25) is 0 Å². The molecule has 0 aliphatic heterocycles. The highest BCUT2D eigenvalue weighted by Crippen LogP contribution is 2.22. The SMILES string of the molecule is N#Cc1nc(-c2ccc(CN)cc2)n2ccccc12. The fraction of sp³-hybridized carbons (Fsp3) is 0.0667. The van der Waals surface area contributed by atoms with E-state index in [4.69, 9.17) is 11.0 Å². The molecule has 4 heteroatoms. The van der Waals surface area contributed by atoms with Gasteiger partial charge in [-0.3, -0.25) is 4.40 Å². The summed E-state index contributed by atoms with van der Waals surface area (Å²) < 4.78 is 1.93. The Labute approximate surface area is 110 Å². The first kappa shape index (κ1) is 11.5. The molecular weight excluding hydrogens is 236 g/mol. The molecule has 0 atom stereocenters. The first-order valence-electron chi connectivity index (χ1n) is 6.00. The number of nitrogens with zero attached hydrogens (tertiary/aromatic N) is 3. The van der Waals surface area contributed by atoms with Crippen LogP contribution in [0.15, 0.2) is 48.7 Å². The number of pyridine rings is 1. The summed E-state index contributed by atoms with van der Waals surface area (Å²) in [6, 6.07) is 15.8. The van der Waals surface area contributed by atoms with Gasteiger partial charge in [0.25, 0.3) is 0 Å². The van der Waals surface area contributed by atoms with Crippen LogP contribution in [0.3, 0.4) is 0 Å². The van der Waals surface area contributed by atoms with Crippen LogP contribution in [0.5, 0.6) is 0 Å². The number of hydrogen-bond donors (Lipinski definition) is 1. The summed E-state index contributed by atoms with van der Waals surface area (Å²) in [7, 11) is 0. The number of nitrogens with two attached hydrogens (primary N) is 1. The molecule has 0 aliphatic carbocycles. The molecule has 19 heavy (non-hydrogen) atoms. The molecule has 2 aromatic heterocycles. The fourth-order valence-corrected chi connectivity index (χ4v) is 2.11. The zero-order valence-electron chi connectivity index (χ0n) is 10.2. The van der Waals surface area contributed by atoms with Crippen molar-refractivity contribution in [2.75, 3.05) is 0 Å². The van der Waals surface area contributed by atoms with Crippen LogP contribution < -0.4 is 5.73 Å². The number of benzene rings is 1. The maximum atomic E-state index is 9.14. The van der Waals surface area contributed by atoms with E-state index in [0.29, 0.717) is 12.2 Å². The van der Waals surface area contributed by atoms with Gasteiger partial charge in [-0.15, -0.1) is 0 Å². The number of fused-ring (bicyclic) bond motifs is 1. The molecule has 0 saturated carbocycles. The first-order valence-corrected chi connectivity index (χ1v) is 6.00. The van der Waals surface area contributed by atoms with Gasteiger partial charge in [0.1, 0.15) is 11.9 Å². The molecule has 0 saturated heterocycles. The summed E-state index contributed by atoms with van der Waals surface area (Å²) in [4.78, 5) is 4.40. The van der Waals surface area contributed by atoms with Crippen LogP contribution >= 0.6 is 0 Å². The Bertz CT molecular complexity index is 763. The summed E-state index contributed by atoms with van der Waals surface area (Å²) in [6.07, 6.45) is 1.91. The van der Waals surface area contributed by atoms with Crippen LogP contribution in [0.4, 0.5) is 0 Å². The fourth-order valence-electron chi connectivity index (χ4n) is 2.11. The van der Waals surface area contributed by atoms with Crippen LogP contribution in [0.1, 0.15) is 11.3 Å². The third kappa shape index (κ3) is 1.86. The molecule has 0 fully saturated rings. The minimum Gasteiger partial charge on any atom is -0.326 e. The predicted molar refractivity (Wildman–Crippen MR) is 73.2 cm³/mol. The van der Waals surface area contributed by atoms with E-state index in [-0.39, 0.29) is 0 Å². The van der Waals surface area contributed by atoms with Crippen molar-refractivity contribution >= 4 is 5.52 Å². The van der Waals surface area contributed by atoms with E-state index in [9.17, 15) is 0 Å². The van der Waals surface area contributed by atoms with E-state index < -0.39 is 0 Å². The van der Waals surface area contributed by atoms with Gasteiger partial charge in [-0.05, 0) is 17.7 Å². The van der Waals surface area contributed by atoms with Crippen LogP contribution in [-0.4, -0.2) is 9.38 Å². The summed E-state index contributed by atoms with van der Waals surface area (Å²) in [6.45, 7) is 0.520. The van der Waals surface area contributed by atoms with Crippen molar-refractivity contribution in [3.05, 3.63) is 59.9 Å². The third-order valence-electron chi connectivity index (χ3n) is 3.10. The van der Waals surface area contributed by atoms with Crippen molar-refractivity contribution in [2.24, 2.45) is 5.73 Å². The van der Waals surface area contributed by atoms with E-state index in [1.807, 2.05) is 53.1 Å². The van der Waals surface area contributed by atoms with E-state index >= 15 is 0 Å². The summed E-state index contributed by atoms with van der Waals surface area (Å²) in [5, 5.41) is 9.14. The lowest BCUT2D eigenvalue weighted by Gasteiger charge is -2.02. The summed E-state index contributed by atoms with van der Waals surface area (Å²) in [5.74, 6) is 0.774. The van der Waals surface area contributed by atoms with E-state index in [1.165, 1.54) is 0 Å². The van der Waals surface area contributed by atoms with Gasteiger partial charge in [-0.25, -0.2) is 4.98 Å². The second-order valence-corrected chi connectivity index (χ2v) is 4.25. The minimum atomic E-state index is 0.443. The van der Waals surface area contributed by atoms with Crippen LogP contribution in [-0.2, 0) is 6.54 Å². The third-order valence-corrected chi connectivity index (χ3v) is 3.10. The quantitative estimate of drug-likeness (QED) is 0.756. The molecule has 2 N–H and O–H groups in total. The number of aromatic nitrogens is 2. The van der Waals surface area contributed by atoms with Crippen LogP contribution in [0, 0.1) is 11.3 Å². The van der Waals surface area contributed by atoms with Gasteiger partial charge in [0.15, 0.2) is 5.69 Å². The Morgan fingerprint density at radius 2 is 1.95 bits per heavy atom. The largest absolute Gasteiger partial charge is 0.326 e. The van der Waals surface area contributed by atoms with Gasteiger partial charge >= 0.3 is 0 Å². The molecule has 3 rings (SSSR count). The molecule has 1 aromatic carbocycles. The molecule has 0 bridgehead atoms. The van der Waals surface area contributed by atoms with Gasteiger partial charge < -0.3 is 5.73 Å². The van der Waals surface area contributed by atoms with Crippen molar-refractivity contribution < 1.29 is 0 Å². The zero-order chi connectivity index (χ0) is 13.2. The van der Waals surface area contributed by atoms with E-state index in [0.717, 1.165) is 22.5 Å². The smallest absolute Gasteiger partial charge is 0.166 e. The number of nitriles is 1. The molecule has 0 spiro atoms. The highest BCUT2D eigenvalue weighted by molar-refractivity contribution is 5.68. The Balaban J connectivity index is 2.22. The van der Waals surface area contributed by atoms with Gasteiger partial charge in [0.05, 0.1) is 5.52 Å². The summed E-state index contributed by atoms with van der Waals surface area (Å²) in [5.41, 5.74) is 8.90. The maximum absolute atomic E-state index is 9.14. The van der Waals surface area contributed by atoms with E-state index in [1.54, 1.807) is 0 Å². The van der Waals surface area contributed by atoms with Gasteiger partial charge in [0.2, 0.25) is 0 Å². The molecule has 92 valence electrons. The Hall–Kier alpha value is -2.64. The molecule has 4 nitrogen and oxygen atoms in total. The standard InChI is InChI=1S/C15H12N4/c16-9-11-4-6-12(7-5-11)15-18-13(10-17)14-3-1-2-8-19(14)15/h1-8H,9,16H2. The van der Waals surface area contributed by atoms with Crippen molar-refractivity contribution in [1.29, 1.82) is 5.26 Å². The predicted octanol–water partition coefficient (Wildman–Crippen LogP) is 2.33. The number of rotatable bonds is 2. The minimum absolute atomic E-state index is 0.443. The normalized spacial score (nSPS) is 10.5. The van der Waals surface area contributed by atoms with Crippen molar-refractivity contribution in [1.82, 2.24) is 9.38 Å². The Kier molecular flexibility index (Phi) is 2.75.